The van der Waals surface area contributed by atoms with Crippen molar-refractivity contribution in [3.63, 3.8) is 0 Å². The van der Waals surface area contributed by atoms with Gasteiger partial charge < -0.3 is 19.5 Å². The summed E-state index contributed by atoms with van der Waals surface area (Å²) in [5.74, 6) is 0. The first-order valence-corrected chi connectivity index (χ1v) is 16.7. The van der Waals surface area contributed by atoms with Gasteiger partial charge in [0.1, 0.15) is 0 Å². The smallest absolute Gasteiger partial charge is 0.269 e. The molecule has 6 rings (SSSR count). The van der Waals surface area contributed by atoms with Gasteiger partial charge in [-0.1, -0.05) is 54.6 Å². The van der Waals surface area contributed by atoms with Gasteiger partial charge in [0.2, 0.25) is 0 Å². The maximum absolute atomic E-state index is 13.0. The Morgan fingerprint density at radius 2 is 1.57 bits per heavy atom. The van der Waals surface area contributed by atoms with E-state index in [9.17, 15) is 23.6 Å². The number of rotatable bonds is 10. The molecular weight excluding hydrogens is 608 g/mol. The maximum atomic E-state index is 13.0. The molecule has 0 spiro atoms. The van der Waals surface area contributed by atoms with Crippen LogP contribution in [0.5, 0.6) is 0 Å². The van der Waals surface area contributed by atoms with Crippen molar-refractivity contribution in [2.75, 3.05) is 42.3 Å². The molecule has 4 aromatic carbocycles. The van der Waals surface area contributed by atoms with Gasteiger partial charge in [0.25, 0.3) is 15.7 Å². The number of benzene rings is 4. The lowest BCUT2D eigenvalue weighted by Gasteiger charge is -2.41. The largest absolute Gasteiger partial charge is 0.392 e. The molecule has 4 aromatic rings. The first kappa shape index (κ1) is 31.6. The van der Waals surface area contributed by atoms with E-state index in [-0.39, 0.29) is 29.4 Å². The summed E-state index contributed by atoms with van der Waals surface area (Å²) in [7, 11) is -3.77. The van der Waals surface area contributed by atoms with Crippen molar-refractivity contribution in [1.82, 2.24) is 4.90 Å². The second-order valence-corrected chi connectivity index (χ2v) is 13.1. The van der Waals surface area contributed by atoms with Crippen LogP contribution in [0, 0.1) is 10.1 Å². The molecule has 2 N–H and O–H groups in total. The van der Waals surface area contributed by atoms with Crippen molar-refractivity contribution < 1.29 is 27.9 Å². The molecule has 0 aliphatic carbocycles. The number of nitrogens with zero attached hydrogens (tertiary/aromatic N) is 3. The van der Waals surface area contributed by atoms with Crippen LogP contribution in [0.3, 0.4) is 0 Å². The fourth-order valence-corrected chi connectivity index (χ4v) is 6.93. The van der Waals surface area contributed by atoms with Crippen LogP contribution in [-0.2, 0) is 26.1 Å². The molecule has 3 atom stereocenters. The van der Waals surface area contributed by atoms with E-state index in [0.717, 1.165) is 43.0 Å². The molecule has 3 unspecified atom stereocenters. The standard InChI is InChI=1S/C34H36N4O7S/c39-24-25-9-11-26(12-10-25)33-22-31(23-36-17-19-37(20-18-36)29-13-15-30(16-14-29)38(40)41)44-34(45-33)27-5-4-6-28(21-27)35-46(42,43)32-7-2-1-3-8-32/h1-16,21,31,33-35,39H,17-20,22-24H2. The average Bonchev–Trinajstić information content (AvgIpc) is 3.09. The Balaban J connectivity index is 1.16. The van der Waals surface area contributed by atoms with E-state index >= 15 is 0 Å². The lowest BCUT2D eigenvalue weighted by molar-refractivity contribution is -0.384. The maximum Gasteiger partial charge on any atom is 0.269 e. The summed E-state index contributed by atoms with van der Waals surface area (Å²) in [5, 5.41) is 20.6. The van der Waals surface area contributed by atoms with Gasteiger partial charge >= 0.3 is 0 Å². The summed E-state index contributed by atoms with van der Waals surface area (Å²) >= 11 is 0. The van der Waals surface area contributed by atoms with E-state index in [1.165, 1.54) is 12.1 Å². The van der Waals surface area contributed by atoms with Gasteiger partial charge in [0, 0.05) is 68.2 Å². The Hall–Kier alpha value is -4.33. The first-order valence-electron chi connectivity index (χ1n) is 15.2. The summed E-state index contributed by atoms with van der Waals surface area (Å²) in [6.45, 7) is 3.79. The van der Waals surface area contributed by atoms with Crippen molar-refractivity contribution in [2.45, 2.75) is 36.4 Å². The van der Waals surface area contributed by atoms with Gasteiger partial charge in [0.05, 0.1) is 28.6 Å². The fraction of sp³-hybridized carbons (Fsp3) is 0.294. The van der Waals surface area contributed by atoms with Crippen LogP contribution in [0.2, 0.25) is 0 Å². The van der Waals surface area contributed by atoms with Crippen LogP contribution >= 0.6 is 0 Å². The zero-order valence-electron chi connectivity index (χ0n) is 25.1. The minimum atomic E-state index is -3.77. The molecule has 0 aromatic heterocycles. The van der Waals surface area contributed by atoms with E-state index in [1.54, 1.807) is 60.7 Å². The van der Waals surface area contributed by atoms with E-state index in [0.29, 0.717) is 24.2 Å². The topological polar surface area (TPSA) is 134 Å². The highest BCUT2D eigenvalue weighted by Crippen LogP contribution is 2.39. The molecular formula is C34H36N4O7S. The van der Waals surface area contributed by atoms with Gasteiger partial charge in [-0.3, -0.25) is 19.7 Å². The van der Waals surface area contributed by atoms with Crippen LogP contribution < -0.4 is 9.62 Å². The number of ether oxygens (including phenoxy) is 2. The molecule has 2 aliphatic rings. The zero-order valence-corrected chi connectivity index (χ0v) is 26.0. The molecule has 2 saturated heterocycles. The highest BCUT2D eigenvalue weighted by Gasteiger charge is 2.34. The Morgan fingerprint density at radius 1 is 0.848 bits per heavy atom. The number of anilines is 2. The van der Waals surface area contributed by atoms with Crippen LogP contribution in [0.25, 0.3) is 0 Å². The number of aliphatic hydroxyl groups is 1. The third-order valence-corrected chi connectivity index (χ3v) is 9.74. The second kappa shape index (κ2) is 14.0. The molecule has 11 nitrogen and oxygen atoms in total. The highest BCUT2D eigenvalue weighted by atomic mass is 32.2. The van der Waals surface area contributed by atoms with E-state index in [1.807, 2.05) is 30.3 Å². The SMILES string of the molecule is O=[N+]([O-])c1ccc(N2CCN(CC3CC(c4ccc(CO)cc4)OC(c4cccc(NS(=O)(=O)c5ccccc5)c4)O3)CC2)cc1. The van der Waals surface area contributed by atoms with Crippen molar-refractivity contribution in [3.8, 4) is 0 Å². The van der Waals surface area contributed by atoms with Crippen LogP contribution in [-0.4, -0.2) is 62.2 Å². The minimum Gasteiger partial charge on any atom is -0.392 e. The van der Waals surface area contributed by atoms with Gasteiger partial charge in [-0.2, -0.15) is 0 Å². The number of hydrogen-bond donors (Lipinski definition) is 2. The van der Waals surface area contributed by atoms with Crippen LogP contribution in [0.1, 0.15) is 35.5 Å². The summed E-state index contributed by atoms with van der Waals surface area (Å²) < 4.78 is 41.6. The summed E-state index contributed by atoms with van der Waals surface area (Å²) in [6, 6.07) is 29.6. The van der Waals surface area contributed by atoms with Gasteiger partial charge in [0.15, 0.2) is 6.29 Å². The predicted octanol–water partition coefficient (Wildman–Crippen LogP) is 5.26. The molecule has 240 valence electrons. The number of piperazine rings is 1. The Labute approximate surface area is 268 Å². The monoisotopic (exact) mass is 644 g/mol. The number of nitro benzene ring substituents is 1. The third-order valence-electron chi connectivity index (χ3n) is 8.34. The highest BCUT2D eigenvalue weighted by molar-refractivity contribution is 7.92. The van der Waals surface area contributed by atoms with Crippen molar-refractivity contribution in [3.05, 3.63) is 130 Å². The van der Waals surface area contributed by atoms with Gasteiger partial charge in [-0.15, -0.1) is 0 Å². The van der Waals surface area contributed by atoms with E-state index in [2.05, 4.69) is 14.5 Å². The minimum absolute atomic E-state index is 0.0440. The lowest BCUT2D eigenvalue weighted by atomic mass is 9.99. The lowest BCUT2D eigenvalue weighted by Crippen LogP contribution is -2.49. The number of nitrogens with one attached hydrogen (secondary N) is 1. The number of nitro groups is 1. The second-order valence-electron chi connectivity index (χ2n) is 11.5. The number of hydrogen-bond acceptors (Lipinski definition) is 9. The zero-order chi connectivity index (χ0) is 32.1. The van der Waals surface area contributed by atoms with E-state index in [4.69, 9.17) is 9.47 Å². The van der Waals surface area contributed by atoms with Crippen molar-refractivity contribution in [1.29, 1.82) is 0 Å². The number of sulfonamides is 1. The molecule has 2 fully saturated rings. The molecule has 0 bridgehead atoms. The van der Waals surface area contributed by atoms with E-state index < -0.39 is 21.2 Å². The molecule has 0 saturated carbocycles. The number of aliphatic hydroxyl groups excluding tert-OH is 1. The fourth-order valence-electron chi connectivity index (χ4n) is 5.86. The van der Waals surface area contributed by atoms with Crippen LogP contribution in [0.4, 0.5) is 17.1 Å². The third kappa shape index (κ3) is 7.54. The first-order chi connectivity index (χ1) is 22.3. The summed E-state index contributed by atoms with van der Waals surface area (Å²) in [6.07, 6.45) is -0.555. The molecule has 0 amide bonds. The predicted molar refractivity (Wildman–Crippen MR) is 174 cm³/mol. The Kier molecular flexibility index (Phi) is 9.61. The van der Waals surface area contributed by atoms with Crippen molar-refractivity contribution in [2.24, 2.45) is 0 Å². The van der Waals surface area contributed by atoms with Crippen LogP contribution in [0.15, 0.2) is 108 Å². The quantitative estimate of drug-likeness (QED) is 0.175. The summed E-state index contributed by atoms with van der Waals surface area (Å²) in [5.41, 5.74) is 3.92. The molecule has 2 heterocycles. The average molecular weight is 645 g/mol. The molecule has 46 heavy (non-hydrogen) atoms. The summed E-state index contributed by atoms with van der Waals surface area (Å²) in [4.78, 5) is 15.4. The molecule has 0 radical (unpaired) electrons. The van der Waals surface area contributed by atoms with Gasteiger partial charge in [-0.25, -0.2) is 8.42 Å². The molecule has 12 heteroatoms. The number of non-ortho nitro benzene ring substituents is 1. The Bertz CT molecular complexity index is 1730. The van der Waals surface area contributed by atoms with Gasteiger partial charge in [-0.05, 0) is 47.5 Å². The van der Waals surface area contributed by atoms with Crippen molar-refractivity contribution >= 4 is 27.1 Å². The Morgan fingerprint density at radius 3 is 2.24 bits per heavy atom. The molecule has 2 aliphatic heterocycles. The normalized spacial score (nSPS) is 20.7.